The summed E-state index contributed by atoms with van der Waals surface area (Å²) in [5.41, 5.74) is 1.18. The van der Waals surface area contributed by atoms with Crippen molar-refractivity contribution in [3.63, 3.8) is 0 Å². The van der Waals surface area contributed by atoms with E-state index in [1.165, 1.54) is 5.56 Å². The van der Waals surface area contributed by atoms with Crippen molar-refractivity contribution in [2.45, 2.75) is 31.0 Å². The number of nitrogens with zero attached hydrogens (tertiary/aromatic N) is 1. The molecule has 1 aromatic rings. The normalized spacial score (nSPS) is 15.4. The molecule has 1 heterocycles. The molecule has 2 atom stereocenters. The van der Waals surface area contributed by atoms with Crippen molar-refractivity contribution in [2.75, 3.05) is 0 Å². The first-order chi connectivity index (χ1) is 6.16. The number of aromatic nitrogens is 1. The lowest BCUT2D eigenvalue weighted by atomic mass is 9.95. The van der Waals surface area contributed by atoms with E-state index in [4.69, 9.17) is 11.6 Å². The van der Waals surface area contributed by atoms with E-state index in [1.54, 1.807) is 12.4 Å². The minimum atomic E-state index is 0.442. The van der Waals surface area contributed by atoms with Crippen LogP contribution in [0.2, 0.25) is 5.02 Å². The molecule has 0 radical (unpaired) electrons. The minimum Gasteiger partial charge on any atom is -0.263 e. The van der Waals surface area contributed by atoms with Crippen molar-refractivity contribution >= 4 is 27.5 Å². The topological polar surface area (TPSA) is 12.9 Å². The molecule has 0 bridgehead atoms. The lowest BCUT2D eigenvalue weighted by molar-refractivity contribution is 0.662. The number of pyridine rings is 1. The lowest BCUT2D eigenvalue weighted by Crippen LogP contribution is -2.08. The third kappa shape index (κ3) is 2.68. The molecular formula is C10H13BrClN. The van der Waals surface area contributed by atoms with Gasteiger partial charge in [0.2, 0.25) is 0 Å². The Kier molecular flexibility index (Phi) is 4.20. The van der Waals surface area contributed by atoms with E-state index in [-0.39, 0.29) is 0 Å². The first-order valence-electron chi connectivity index (χ1n) is 4.40. The Balaban J connectivity index is 2.97. The standard InChI is InChI=1S/C10H13BrClN/c1-3-8(7(2)11)9-4-5-13-6-10(9)12/h4-8H,3H2,1-2H3. The molecule has 1 rings (SSSR count). The van der Waals surface area contributed by atoms with Crippen molar-refractivity contribution in [1.82, 2.24) is 4.98 Å². The SMILES string of the molecule is CCC(c1ccncc1Cl)C(C)Br. The van der Waals surface area contributed by atoms with Gasteiger partial charge < -0.3 is 0 Å². The molecule has 0 amide bonds. The highest BCUT2D eigenvalue weighted by Gasteiger charge is 2.17. The molecule has 3 heteroatoms. The summed E-state index contributed by atoms with van der Waals surface area (Å²) in [7, 11) is 0. The molecule has 0 spiro atoms. The van der Waals surface area contributed by atoms with Crippen molar-refractivity contribution in [3.05, 3.63) is 29.0 Å². The van der Waals surface area contributed by atoms with Crippen molar-refractivity contribution in [3.8, 4) is 0 Å². The highest BCUT2D eigenvalue weighted by Crippen LogP contribution is 2.31. The number of hydrogen-bond acceptors (Lipinski definition) is 1. The van der Waals surface area contributed by atoms with E-state index < -0.39 is 0 Å². The first kappa shape index (κ1) is 11.0. The van der Waals surface area contributed by atoms with E-state index in [9.17, 15) is 0 Å². The Bertz CT molecular complexity index is 275. The Morgan fingerprint density at radius 1 is 1.62 bits per heavy atom. The van der Waals surface area contributed by atoms with Crippen LogP contribution in [0.3, 0.4) is 0 Å². The number of rotatable bonds is 3. The summed E-state index contributed by atoms with van der Waals surface area (Å²) < 4.78 is 0. The largest absolute Gasteiger partial charge is 0.263 e. The Morgan fingerprint density at radius 2 is 2.31 bits per heavy atom. The van der Waals surface area contributed by atoms with E-state index in [0.29, 0.717) is 10.7 Å². The van der Waals surface area contributed by atoms with Gasteiger partial charge in [-0.25, -0.2) is 0 Å². The van der Waals surface area contributed by atoms with Crippen LogP contribution in [0, 0.1) is 0 Å². The summed E-state index contributed by atoms with van der Waals surface area (Å²) in [6, 6.07) is 1.99. The van der Waals surface area contributed by atoms with Gasteiger partial charge in [0, 0.05) is 17.2 Å². The Morgan fingerprint density at radius 3 is 2.77 bits per heavy atom. The average molecular weight is 263 g/mol. The number of alkyl halides is 1. The van der Waals surface area contributed by atoms with Crippen LogP contribution >= 0.6 is 27.5 Å². The molecule has 0 fully saturated rings. The zero-order valence-corrected chi connectivity index (χ0v) is 10.1. The molecule has 0 aromatic carbocycles. The van der Waals surface area contributed by atoms with Crippen LogP contribution in [0.1, 0.15) is 31.7 Å². The van der Waals surface area contributed by atoms with Gasteiger partial charge in [0.15, 0.2) is 0 Å². The average Bonchev–Trinajstić information content (AvgIpc) is 2.09. The summed E-state index contributed by atoms with van der Waals surface area (Å²) in [5.74, 6) is 0.468. The van der Waals surface area contributed by atoms with Gasteiger partial charge in [-0.05, 0) is 24.0 Å². The molecule has 0 N–H and O–H groups in total. The van der Waals surface area contributed by atoms with Gasteiger partial charge in [-0.2, -0.15) is 0 Å². The molecule has 0 aliphatic heterocycles. The predicted molar refractivity (Wildman–Crippen MR) is 60.7 cm³/mol. The van der Waals surface area contributed by atoms with Crippen LogP contribution in [0.25, 0.3) is 0 Å². The van der Waals surface area contributed by atoms with Gasteiger partial charge >= 0.3 is 0 Å². The molecule has 1 aromatic heterocycles. The van der Waals surface area contributed by atoms with Crippen LogP contribution in [-0.2, 0) is 0 Å². The number of hydrogen-bond donors (Lipinski definition) is 0. The van der Waals surface area contributed by atoms with Crippen molar-refractivity contribution < 1.29 is 0 Å². The van der Waals surface area contributed by atoms with Crippen LogP contribution in [0.5, 0.6) is 0 Å². The molecule has 0 aliphatic rings. The maximum Gasteiger partial charge on any atom is 0.0624 e. The second kappa shape index (κ2) is 4.97. The second-order valence-corrected chi connectivity index (χ2v) is 4.94. The number of halogens is 2. The molecule has 1 nitrogen and oxygen atoms in total. The molecule has 13 heavy (non-hydrogen) atoms. The van der Waals surface area contributed by atoms with Crippen LogP contribution in [0.4, 0.5) is 0 Å². The highest BCUT2D eigenvalue weighted by molar-refractivity contribution is 9.09. The fraction of sp³-hybridized carbons (Fsp3) is 0.500. The fourth-order valence-corrected chi connectivity index (χ4v) is 2.40. The van der Waals surface area contributed by atoms with Gasteiger partial charge in [-0.1, -0.05) is 41.4 Å². The molecule has 72 valence electrons. The summed E-state index contributed by atoms with van der Waals surface area (Å²) in [6.07, 6.45) is 4.57. The van der Waals surface area contributed by atoms with Crippen LogP contribution in [-0.4, -0.2) is 9.81 Å². The quantitative estimate of drug-likeness (QED) is 0.750. The zero-order chi connectivity index (χ0) is 9.84. The zero-order valence-electron chi connectivity index (χ0n) is 7.80. The highest BCUT2D eigenvalue weighted by atomic mass is 79.9. The van der Waals surface area contributed by atoms with Crippen LogP contribution < -0.4 is 0 Å². The second-order valence-electron chi connectivity index (χ2n) is 3.09. The van der Waals surface area contributed by atoms with Gasteiger partial charge in [0.05, 0.1) is 5.02 Å². The van der Waals surface area contributed by atoms with E-state index in [2.05, 4.69) is 34.8 Å². The molecule has 0 saturated carbocycles. The first-order valence-corrected chi connectivity index (χ1v) is 5.69. The molecule has 2 unspecified atom stereocenters. The van der Waals surface area contributed by atoms with E-state index in [0.717, 1.165) is 11.4 Å². The monoisotopic (exact) mass is 261 g/mol. The van der Waals surface area contributed by atoms with E-state index >= 15 is 0 Å². The maximum atomic E-state index is 6.06. The summed E-state index contributed by atoms with van der Waals surface area (Å²) in [6.45, 7) is 4.31. The molecule has 0 aliphatic carbocycles. The van der Waals surface area contributed by atoms with Gasteiger partial charge in [-0.3, -0.25) is 4.98 Å². The summed E-state index contributed by atoms with van der Waals surface area (Å²) >= 11 is 9.65. The summed E-state index contributed by atoms with van der Waals surface area (Å²) in [4.78, 5) is 4.42. The lowest BCUT2D eigenvalue weighted by Gasteiger charge is -2.18. The summed E-state index contributed by atoms with van der Waals surface area (Å²) in [5, 5.41) is 0.764. The minimum absolute atomic E-state index is 0.442. The van der Waals surface area contributed by atoms with Gasteiger partial charge in [0.25, 0.3) is 0 Å². The molecule has 0 saturated heterocycles. The fourth-order valence-electron chi connectivity index (χ4n) is 1.48. The Hall–Kier alpha value is -0.0800. The predicted octanol–water partition coefficient (Wildman–Crippen LogP) is 4.01. The van der Waals surface area contributed by atoms with Crippen molar-refractivity contribution in [2.24, 2.45) is 0 Å². The third-order valence-corrected chi connectivity index (χ3v) is 3.15. The third-order valence-electron chi connectivity index (χ3n) is 2.20. The smallest absolute Gasteiger partial charge is 0.0624 e. The van der Waals surface area contributed by atoms with Gasteiger partial charge in [-0.15, -0.1) is 0 Å². The Labute approximate surface area is 92.6 Å². The van der Waals surface area contributed by atoms with E-state index in [1.807, 2.05) is 6.07 Å². The maximum absolute atomic E-state index is 6.06. The van der Waals surface area contributed by atoms with Crippen LogP contribution in [0.15, 0.2) is 18.5 Å². The van der Waals surface area contributed by atoms with Crippen molar-refractivity contribution in [1.29, 1.82) is 0 Å². The van der Waals surface area contributed by atoms with Gasteiger partial charge in [0.1, 0.15) is 0 Å². The molecular weight excluding hydrogens is 249 g/mol.